The van der Waals surface area contributed by atoms with Gasteiger partial charge >= 0.3 is 12.1 Å². The van der Waals surface area contributed by atoms with Gasteiger partial charge in [-0.25, -0.2) is 14.5 Å². The Morgan fingerprint density at radius 1 is 0.900 bits per heavy atom. The van der Waals surface area contributed by atoms with Gasteiger partial charge in [-0.3, -0.25) is 4.90 Å². The Morgan fingerprint density at radius 2 is 1.50 bits per heavy atom. The van der Waals surface area contributed by atoms with Crippen molar-refractivity contribution in [1.82, 2.24) is 14.7 Å². The van der Waals surface area contributed by atoms with E-state index < -0.39 is 6.17 Å². The lowest BCUT2D eigenvalue weighted by Gasteiger charge is -2.52. The molecule has 0 radical (unpaired) electrons. The van der Waals surface area contributed by atoms with Gasteiger partial charge in [0, 0.05) is 36.4 Å². The molecular formula is C23H34N4O3. The third-order valence-electron chi connectivity index (χ3n) is 7.01. The lowest BCUT2D eigenvalue weighted by Crippen LogP contribution is -2.66. The van der Waals surface area contributed by atoms with E-state index in [1.165, 1.54) is 12.8 Å². The quantitative estimate of drug-likeness (QED) is 0.722. The number of nitrogens with zero attached hydrogens (tertiary/aromatic N) is 3. The number of carbonyl (C=O) groups is 2. The Balaban J connectivity index is 1.76. The van der Waals surface area contributed by atoms with Crippen LogP contribution in [0.1, 0.15) is 75.9 Å². The number of anilines is 1. The SMILES string of the molecule is COc1cc(N)ccc1C1N(C)C(=O)N(C2CCCCC2)C(=O)N1C1CCCCC1. The van der Waals surface area contributed by atoms with Crippen LogP contribution in [-0.4, -0.2) is 53.0 Å². The van der Waals surface area contributed by atoms with Crippen molar-refractivity contribution in [1.29, 1.82) is 0 Å². The minimum absolute atomic E-state index is 0.00144. The van der Waals surface area contributed by atoms with E-state index in [9.17, 15) is 9.59 Å². The van der Waals surface area contributed by atoms with E-state index in [0.29, 0.717) is 11.4 Å². The Hall–Kier alpha value is -2.44. The summed E-state index contributed by atoms with van der Waals surface area (Å²) in [5.74, 6) is 0.611. The smallest absolute Gasteiger partial charge is 0.330 e. The van der Waals surface area contributed by atoms with Crippen molar-refractivity contribution in [3.63, 3.8) is 0 Å². The van der Waals surface area contributed by atoms with Gasteiger partial charge in [-0.15, -0.1) is 0 Å². The molecule has 1 unspecified atom stereocenters. The highest BCUT2D eigenvalue weighted by atomic mass is 16.5. The number of amides is 4. The maximum atomic E-state index is 13.9. The van der Waals surface area contributed by atoms with Gasteiger partial charge in [-0.2, -0.15) is 0 Å². The van der Waals surface area contributed by atoms with Crippen LogP contribution >= 0.6 is 0 Å². The molecule has 7 nitrogen and oxygen atoms in total. The lowest BCUT2D eigenvalue weighted by molar-refractivity contribution is -0.00184. The van der Waals surface area contributed by atoms with E-state index in [-0.39, 0.29) is 24.1 Å². The van der Waals surface area contributed by atoms with Gasteiger partial charge in [-0.05, 0) is 37.8 Å². The summed E-state index contributed by atoms with van der Waals surface area (Å²) in [5.41, 5.74) is 7.38. The third-order valence-corrected chi connectivity index (χ3v) is 7.01. The van der Waals surface area contributed by atoms with E-state index in [2.05, 4.69) is 0 Å². The van der Waals surface area contributed by atoms with Crippen LogP contribution in [0.4, 0.5) is 15.3 Å². The summed E-state index contributed by atoms with van der Waals surface area (Å²) < 4.78 is 5.61. The van der Waals surface area contributed by atoms with Crippen LogP contribution in [0.5, 0.6) is 5.75 Å². The van der Waals surface area contributed by atoms with Gasteiger partial charge in [-0.1, -0.05) is 38.5 Å². The molecule has 0 spiro atoms. The molecule has 4 amide bonds. The van der Waals surface area contributed by atoms with E-state index >= 15 is 0 Å². The molecule has 2 aliphatic carbocycles. The Labute approximate surface area is 179 Å². The zero-order chi connectivity index (χ0) is 21.3. The minimum Gasteiger partial charge on any atom is -0.496 e. The summed E-state index contributed by atoms with van der Waals surface area (Å²) in [4.78, 5) is 32.6. The number of rotatable bonds is 4. The normalized spacial score (nSPS) is 24.5. The van der Waals surface area contributed by atoms with Crippen LogP contribution in [0, 0.1) is 0 Å². The van der Waals surface area contributed by atoms with Gasteiger partial charge in [0.15, 0.2) is 0 Å². The number of benzene rings is 1. The molecule has 4 rings (SSSR count). The second kappa shape index (κ2) is 8.74. The van der Waals surface area contributed by atoms with E-state index in [1.807, 2.05) is 17.0 Å². The summed E-state index contributed by atoms with van der Waals surface area (Å²) in [7, 11) is 3.41. The number of nitrogens with two attached hydrogens (primary N) is 1. The fraction of sp³-hybridized carbons (Fsp3) is 0.652. The first-order chi connectivity index (χ1) is 14.5. The molecule has 0 aromatic heterocycles. The van der Waals surface area contributed by atoms with Gasteiger partial charge in [0.2, 0.25) is 0 Å². The first-order valence-corrected chi connectivity index (χ1v) is 11.3. The molecule has 1 heterocycles. The zero-order valence-corrected chi connectivity index (χ0v) is 18.2. The van der Waals surface area contributed by atoms with Crippen molar-refractivity contribution in [3.8, 4) is 5.75 Å². The highest BCUT2D eigenvalue weighted by molar-refractivity contribution is 5.97. The predicted molar refractivity (Wildman–Crippen MR) is 116 cm³/mol. The summed E-state index contributed by atoms with van der Waals surface area (Å²) in [6, 6.07) is 5.25. The van der Waals surface area contributed by atoms with Crippen LogP contribution in [0.3, 0.4) is 0 Å². The standard InChI is InChI=1S/C23H34N4O3/c1-25-21(19-14-13-16(24)15-20(19)30-2)26(17-9-5-3-6-10-17)23(29)27(22(25)28)18-11-7-4-8-12-18/h13-15,17-18,21H,3-12,24H2,1-2H3. The van der Waals surface area contributed by atoms with E-state index in [4.69, 9.17) is 10.5 Å². The second-order valence-electron chi connectivity index (χ2n) is 8.91. The molecule has 0 bridgehead atoms. The summed E-state index contributed by atoms with van der Waals surface area (Å²) in [6.45, 7) is 0. The molecule has 1 aromatic rings. The number of nitrogen functional groups attached to an aromatic ring is 1. The fourth-order valence-electron chi connectivity index (χ4n) is 5.44. The summed E-state index contributed by atoms with van der Waals surface area (Å²) in [5, 5.41) is 0. The molecule has 3 aliphatic rings. The first kappa shape index (κ1) is 20.8. The molecule has 2 saturated carbocycles. The van der Waals surface area contributed by atoms with Gasteiger partial charge in [0.1, 0.15) is 11.9 Å². The Morgan fingerprint density at radius 3 is 2.10 bits per heavy atom. The average molecular weight is 415 g/mol. The van der Waals surface area contributed by atoms with Crippen LogP contribution < -0.4 is 10.5 Å². The van der Waals surface area contributed by atoms with Crippen LogP contribution in [0.2, 0.25) is 0 Å². The number of urea groups is 2. The predicted octanol–water partition coefficient (Wildman–Crippen LogP) is 4.73. The molecule has 30 heavy (non-hydrogen) atoms. The van der Waals surface area contributed by atoms with Gasteiger partial charge in [0.25, 0.3) is 0 Å². The molecular weight excluding hydrogens is 380 g/mol. The Kier molecular flexibility index (Phi) is 6.06. The molecule has 164 valence electrons. The zero-order valence-electron chi connectivity index (χ0n) is 18.2. The van der Waals surface area contributed by atoms with Crippen molar-refractivity contribution >= 4 is 17.7 Å². The maximum Gasteiger partial charge on any atom is 0.330 e. The number of carbonyl (C=O) groups excluding carboxylic acids is 2. The molecule has 7 heteroatoms. The number of imide groups is 1. The topological polar surface area (TPSA) is 79.1 Å². The fourth-order valence-corrected chi connectivity index (χ4v) is 5.44. The van der Waals surface area contributed by atoms with Crippen molar-refractivity contribution in [2.24, 2.45) is 0 Å². The highest BCUT2D eigenvalue weighted by Gasteiger charge is 2.49. The van der Waals surface area contributed by atoms with Crippen molar-refractivity contribution in [2.75, 3.05) is 19.9 Å². The lowest BCUT2D eigenvalue weighted by atomic mass is 9.91. The van der Waals surface area contributed by atoms with Crippen LogP contribution in [-0.2, 0) is 0 Å². The summed E-state index contributed by atoms with van der Waals surface area (Å²) >= 11 is 0. The summed E-state index contributed by atoms with van der Waals surface area (Å²) in [6.07, 6.45) is 10.0. The minimum atomic E-state index is -0.483. The van der Waals surface area contributed by atoms with E-state index in [0.717, 1.165) is 56.9 Å². The van der Waals surface area contributed by atoms with E-state index in [1.54, 1.807) is 30.0 Å². The number of ether oxygens (including phenoxy) is 1. The van der Waals surface area contributed by atoms with Crippen molar-refractivity contribution in [2.45, 2.75) is 82.5 Å². The van der Waals surface area contributed by atoms with Crippen molar-refractivity contribution < 1.29 is 14.3 Å². The molecule has 1 saturated heterocycles. The molecule has 1 atom stereocenters. The van der Waals surface area contributed by atoms with Crippen molar-refractivity contribution in [3.05, 3.63) is 23.8 Å². The Bertz CT molecular complexity index is 787. The number of methoxy groups -OCH3 is 1. The molecule has 3 fully saturated rings. The van der Waals surface area contributed by atoms with Gasteiger partial charge in [0.05, 0.1) is 7.11 Å². The van der Waals surface area contributed by atoms with Crippen LogP contribution in [0.15, 0.2) is 18.2 Å². The average Bonchev–Trinajstić information content (AvgIpc) is 2.77. The second-order valence-corrected chi connectivity index (χ2v) is 8.91. The number of hydrogen-bond donors (Lipinski definition) is 1. The maximum absolute atomic E-state index is 13.9. The molecule has 2 N–H and O–H groups in total. The highest BCUT2D eigenvalue weighted by Crippen LogP contribution is 2.41. The molecule has 1 aromatic carbocycles. The number of hydrogen-bond acceptors (Lipinski definition) is 4. The van der Waals surface area contributed by atoms with Gasteiger partial charge < -0.3 is 15.4 Å². The first-order valence-electron chi connectivity index (χ1n) is 11.3. The monoisotopic (exact) mass is 414 g/mol. The largest absolute Gasteiger partial charge is 0.496 e. The third kappa shape index (κ3) is 3.70. The molecule has 1 aliphatic heterocycles. The van der Waals surface area contributed by atoms with Crippen LogP contribution in [0.25, 0.3) is 0 Å².